The summed E-state index contributed by atoms with van der Waals surface area (Å²) in [7, 11) is 0. The van der Waals surface area contributed by atoms with Gasteiger partial charge >= 0.3 is 0 Å². The molecule has 158 valence electrons. The lowest BCUT2D eigenvalue weighted by Gasteiger charge is -2.37. The van der Waals surface area contributed by atoms with E-state index in [1.54, 1.807) is 0 Å². The second kappa shape index (κ2) is 8.78. The Labute approximate surface area is 174 Å². The highest BCUT2D eigenvalue weighted by Gasteiger charge is 2.34. The zero-order valence-corrected chi connectivity index (χ0v) is 17.7. The minimum absolute atomic E-state index is 0.0997. The Kier molecular flexibility index (Phi) is 6.14. The molecule has 3 aliphatic rings. The molecular formula is C24H35N3O2. The molecule has 1 unspecified atom stereocenters. The van der Waals surface area contributed by atoms with Crippen LogP contribution in [-0.2, 0) is 4.79 Å². The molecule has 3 atom stereocenters. The lowest BCUT2D eigenvalue weighted by molar-refractivity contribution is -0.126. The summed E-state index contributed by atoms with van der Waals surface area (Å²) in [6.07, 6.45) is 7.64. The largest absolute Gasteiger partial charge is 0.393 e. The number of amides is 1. The van der Waals surface area contributed by atoms with E-state index in [0.717, 1.165) is 51.0 Å². The number of aryl methyl sites for hydroxylation is 1. The van der Waals surface area contributed by atoms with Gasteiger partial charge in [0.15, 0.2) is 0 Å². The molecule has 5 heteroatoms. The van der Waals surface area contributed by atoms with E-state index in [2.05, 4.69) is 59.7 Å². The van der Waals surface area contributed by atoms with Gasteiger partial charge in [-0.1, -0.05) is 36.8 Å². The molecule has 4 rings (SSSR count). The van der Waals surface area contributed by atoms with Crippen molar-refractivity contribution in [2.24, 2.45) is 11.8 Å². The van der Waals surface area contributed by atoms with Gasteiger partial charge in [-0.2, -0.15) is 0 Å². The van der Waals surface area contributed by atoms with E-state index in [4.69, 9.17) is 0 Å². The number of nitrogens with one attached hydrogen (secondary N) is 2. The third kappa shape index (κ3) is 4.61. The van der Waals surface area contributed by atoms with Gasteiger partial charge < -0.3 is 20.6 Å². The Hall–Kier alpha value is -2.01. The summed E-state index contributed by atoms with van der Waals surface area (Å²) in [6, 6.07) is 9.45. The van der Waals surface area contributed by atoms with Crippen LogP contribution in [-0.4, -0.2) is 41.1 Å². The number of carbonyl (C=O) groups excluding carboxylic acids is 1. The number of aliphatic hydroxyl groups excluding tert-OH is 1. The van der Waals surface area contributed by atoms with Gasteiger partial charge in [0.1, 0.15) is 0 Å². The molecule has 0 radical (unpaired) electrons. The first-order valence-electron chi connectivity index (χ1n) is 11.3. The van der Waals surface area contributed by atoms with E-state index in [1.165, 1.54) is 17.5 Å². The Balaban J connectivity index is 1.47. The SMILES string of the molecule is Cc1ccc([C@@H]2CCCN2C2=CC(C(=O)NC3CCC(O)CC3)[C@@H](C)CN2)cc1. The fraction of sp³-hybridized carbons (Fsp3) is 0.625. The van der Waals surface area contributed by atoms with E-state index in [-0.39, 0.29) is 29.9 Å². The summed E-state index contributed by atoms with van der Waals surface area (Å²) >= 11 is 0. The smallest absolute Gasteiger partial charge is 0.227 e. The maximum Gasteiger partial charge on any atom is 0.227 e. The van der Waals surface area contributed by atoms with Crippen molar-refractivity contribution < 1.29 is 9.90 Å². The molecule has 0 bridgehead atoms. The highest BCUT2D eigenvalue weighted by molar-refractivity contribution is 5.81. The van der Waals surface area contributed by atoms with Crippen molar-refractivity contribution >= 4 is 5.91 Å². The zero-order chi connectivity index (χ0) is 20.4. The molecule has 29 heavy (non-hydrogen) atoms. The van der Waals surface area contributed by atoms with Gasteiger partial charge in [-0.15, -0.1) is 0 Å². The lowest BCUT2D eigenvalue weighted by atomic mass is 9.88. The maximum absolute atomic E-state index is 13.0. The first-order chi connectivity index (χ1) is 14.0. The summed E-state index contributed by atoms with van der Waals surface area (Å²) in [5.41, 5.74) is 2.64. The van der Waals surface area contributed by atoms with Gasteiger partial charge in [-0.3, -0.25) is 4.79 Å². The Bertz CT molecular complexity index is 737. The molecule has 2 heterocycles. The number of hydrogen-bond donors (Lipinski definition) is 3. The van der Waals surface area contributed by atoms with Crippen LogP contribution < -0.4 is 10.6 Å². The van der Waals surface area contributed by atoms with Gasteiger partial charge in [0.2, 0.25) is 5.91 Å². The van der Waals surface area contributed by atoms with Gasteiger partial charge in [0, 0.05) is 19.1 Å². The molecule has 3 N–H and O–H groups in total. The summed E-state index contributed by atoms with van der Waals surface area (Å²) < 4.78 is 0. The summed E-state index contributed by atoms with van der Waals surface area (Å²) in [4.78, 5) is 15.5. The van der Waals surface area contributed by atoms with Crippen molar-refractivity contribution in [2.75, 3.05) is 13.1 Å². The Morgan fingerprint density at radius 3 is 2.59 bits per heavy atom. The van der Waals surface area contributed by atoms with Crippen molar-refractivity contribution in [3.05, 3.63) is 47.3 Å². The van der Waals surface area contributed by atoms with Crippen LogP contribution in [0.3, 0.4) is 0 Å². The van der Waals surface area contributed by atoms with E-state index in [9.17, 15) is 9.90 Å². The highest BCUT2D eigenvalue weighted by Crippen LogP contribution is 2.36. The van der Waals surface area contributed by atoms with Crippen LogP contribution in [0, 0.1) is 18.8 Å². The molecule has 1 aliphatic carbocycles. The number of hydrogen-bond acceptors (Lipinski definition) is 4. The third-order valence-corrected chi connectivity index (χ3v) is 6.93. The zero-order valence-electron chi connectivity index (χ0n) is 17.7. The molecule has 1 saturated carbocycles. The standard InChI is InChI=1S/C24H35N3O2/c1-16-5-7-18(8-6-16)22-4-3-13-27(22)23-14-21(17(2)15-25-23)24(29)26-19-9-11-20(28)12-10-19/h5-8,14,17,19-22,25,28H,3-4,9-13,15H2,1-2H3,(H,26,29)/t17-,19?,20?,21?,22-/m0/s1. The van der Waals surface area contributed by atoms with Crippen LogP contribution in [0.2, 0.25) is 0 Å². The highest BCUT2D eigenvalue weighted by atomic mass is 16.3. The number of aliphatic hydroxyl groups is 1. The van der Waals surface area contributed by atoms with E-state index < -0.39 is 0 Å². The lowest BCUT2D eigenvalue weighted by Crippen LogP contribution is -2.47. The first-order valence-corrected chi connectivity index (χ1v) is 11.3. The second-order valence-corrected chi connectivity index (χ2v) is 9.21. The molecule has 0 spiro atoms. The van der Waals surface area contributed by atoms with Crippen molar-refractivity contribution in [1.82, 2.24) is 15.5 Å². The topological polar surface area (TPSA) is 64.6 Å². The van der Waals surface area contributed by atoms with E-state index >= 15 is 0 Å². The fourth-order valence-corrected chi connectivity index (χ4v) is 5.02. The van der Waals surface area contributed by atoms with Crippen LogP contribution in [0.25, 0.3) is 0 Å². The molecular weight excluding hydrogens is 362 g/mol. The number of benzene rings is 1. The minimum atomic E-state index is -0.193. The average molecular weight is 398 g/mol. The summed E-state index contributed by atoms with van der Waals surface area (Å²) in [5.74, 6) is 1.43. The summed E-state index contributed by atoms with van der Waals surface area (Å²) in [6.45, 7) is 6.13. The van der Waals surface area contributed by atoms with Crippen LogP contribution in [0.5, 0.6) is 0 Å². The molecule has 0 aromatic heterocycles. The van der Waals surface area contributed by atoms with Crippen molar-refractivity contribution in [3.63, 3.8) is 0 Å². The monoisotopic (exact) mass is 397 g/mol. The quantitative estimate of drug-likeness (QED) is 0.730. The first kappa shape index (κ1) is 20.3. The van der Waals surface area contributed by atoms with E-state index in [1.807, 2.05) is 0 Å². The molecule has 1 amide bonds. The Morgan fingerprint density at radius 2 is 1.86 bits per heavy atom. The molecule has 1 aromatic rings. The third-order valence-electron chi connectivity index (χ3n) is 6.93. The number of nitrogens with zero attached hydrogens (tertiary/aromatic N) is 1. The van der Waals surface area contributed by atoms with Gasteiger partial charge in [-0.05, 0) is 63.0 Å². The maximum atomic E-state index is 13.0. The van der Waals surface area contributed by atoms with Crippen molar-refractivity contribution in [2.45, 2.75) is 70.6 Å². The van der Waals surface area contributed by atoms with Crippen LogP contribution in [0.1, 0.15) is 62.6 Å². The molecule has 2 aliphatic heterocycles. The number of carbonyl (C=O) groups is 1. The fourth-order valence-electron chi connectivity index (χ4n) is 5.02. The van der Waals surface area contributed by atoms with Gasteiger partial charge in [0.25, 0.3) is 0 Å². The molecule has 5 nitrogen and oxygen atoms in total. The van der Waals surface area contributed by atoms with Gasteiger partial charge in [-0.25, -0.2) is 0 Å². The van der Waals surface area contributed by atoms with Gasteiger partial charge in [0.05, 0.1) is 23.9 Å². The van der Waals surface area contributed by atoms with Crippen LogP contribution >= 0.6 is 0 Å². The predicted octanol–water partition coefficient (Wildman–Crippen LogP) is 3.25. The normalized spacial score (nSPS) is 32.4. The van der Waals surface area contributed by atoms with Crippen molar-refractivity contribution in [1.29, 1.82) is 0 Å². The average Bonchev–Trinajstić information content (AvgIpc) is 3.20. The second-order valence-electron chi connectivity index (χ2n) is 9.21. The van der Waals surface area contributed by atoms with Crippen LogP contribution in [0.4, 0.5) is 0 Å². The Morgan fingerprint density at radius 1 is 1.14 bits per heavy atom. The van der Waals surface area contributed by atoms with E-state index in [0.29, 0.717) is 6.04 Å². The minimum Gasteiger partial charge on any atom is -0.393 e. The number of rotatable bonds is 4. The molecule has 2 fully saturated rings. The molecule has 1 saturated heterocycles. The van der Waals surface area contributed by atoms with Crippen LogP contribution in [0.15, 0.2) is 36.2 Å². The van der Waals surface area contributed by atoms with Crippen molar-refractivity contribution in [3.8, 4) is 0 Å². The summed E-state index contributed by atoms with van der Waals surface area (Å²) in [5, 5.41) is 16.6. The molecule has 1 aromatic carbocycles. The number of likely N-dealkylation sites (tertiary alicyclic amines) is 1. The predicted molar refractivity (Wildman–Crippen MR) is 115 cm³/mol.